The molecule has 2 aromatic carbocycles. The molecule has 7 heteroatoms. The number of nitrogens with one attached hydrogen (secondary N) is 1. The molecule has 1 heterocycles. The molecule has 124 valence electrons. The Morgan fingerprint density at radius 2 is 1.58 bits per heavy atom. The van der Waals surface area contributed by atoms with Gasteiger partial charge >= 0.3 is 0 Å². The molecule has 0 radical (unpaired) electrons. The van der Waals surface area contributed by atoms with Gasteiger partial charge in [0.2, 0.25) is 0 Å². The van der Waals surface area contributed by atoms with Crippen LogP contribution in [-0.2, 0) is 6.42 Å². The third-order valence-corrected chi connectivity index (χ3v) is 5.35. The maximum atomic E-state index is 6.23. The smallest absolute Gasteiger partial charge is 0.111 e. The lowest BCUT2D eigenvalue weighted by Crippen LogP contribution is -1.92. The Hall–Kier alpha value is -0.900. The van der Waals surface area contributed by atoms with Crippen LogP contribution in [0.4, 0.5) is 0 Å². The zero-order valence-corrected chi connectivity index (χ0v) is 16.2. The molecule has 0 saturated carbocycles. The monoisotopic (exact) mass is 418 g/mol. The molecule has 3 aromatic rings. The first-order valence-corrected chi connectivity index (χ1v) is 8.88. The second kappa shape index (κ2) is 7.15. The molecular weight excluding hydrogens is 409 g/mol. The molecule has 0 aliphatic heterocycles. The van der Waals surface area contributed by atoms with E-state index in [9.17, 15) is 0 Å². The fourth-order valence-electron chi connectivity index (χ4n) is 2.42. The molecule has 0 aliphatic rings. The third-order valence-electron chi connectivity index (χ3n) is 3.56. The van der Waals surface area contributed by atoms with Crippen molar-refractivity contribution in [3.8, 4) is 11.3 Å². The van der Waals surface area contributed by atoms with Crippen LogP contribution in [0.15, 0.2) is 30.3 Å². The van der Waals surface area contributed by atoms with E-state index in [1.165, 1.54) is 0 Å². The number of benzene rings is 2. The Balaban J connectivity index is 1.96. The Labute approximate surface area is 164 Å². The Morgan fingerprint density at radius 3 is 2.21 bits per heavy atom. The summed E-state index contributed by atoms with van der Waals surface area (Å²) in [6.45, 7) is 1.94. The van der Waals surface area contributed by atoms with Crippen LogP contribution in [0.2, 0.25) is 25.1 Å². The zero-order valence-electron chi connectivity index (χ0n) is 12.4. The van der Waals surface area contributed by atoms with E-state index < -0.39 is 0 Å². The molecule has 3 rings (SSSR count). The Bertz CT molecular complexity index is 894. The van der Waals surface area contributed by atoms with Gasteiger partial charge in [0.25, 0.3) is 0 Å². The number of aryl methyl sites for hydroxylation is 1. The minimum atomic E-state index is 0.337. The summed E-state index contributed by atoms with van der Waals surface area (Å²) in [5.74, 6) is 0.786. The summed E-state index contributed by atoms with van der Waals surface area (Å²) in [6.07, 6.45) is 0.561. The van der Waals surface area contributed by atoms with Crippen LogP contribution in [0.3, 0.4) is 0 Å². The van der Waals surface area contributed by atoms with Crippen molar-refractivity contribution in [3.63, 3.8) is 0 Å². The molecule has 2 nitrogen and oxygen atoms in total. The van der Waals surface area contributed by atoms with E-state index in [-0.39, 0.29) is 0 Å². The first kappa shape index (κ1) is 17.9. The largest absolute Gasteiger partial charge is 0.345 e. The zero-order chi connectivity index (χ0) is 17.4. The summed E-state index contributed by atoms with van der Waals surface area (Å²) >= 11 is 30.4. The lowest BCUT2D eigenvalue weighted by molar-refractivity contribution is 1.02. The number of hydrogen-bond acceptors (Lipinski definition) is 1. The van der Waals surface area contributed by atoms with Gasteiger partial charge in [-0.1, -0.05) is 64.1 Å². The highest BCUT2D eigenvalue weighted by Crippen LogP contribution is 2.35. The average molecular weight is 421 g/mol. The maximum absolute atomic E-state index is 6.23. The summed E-state index contributed by atoms with van der Waals surface area (Å²) in [5, 5.41) is 2.33. The van der Waals surface area contributed by atoms with Crippen LogP contribution < -0.4 is 0 Å². The molecule has 0 amide bonds. The molecule has 0 atom stereocenters. The average Bonchev–Trinajstić information content (AvgIpc) is 2.88. The van der Waals surface area contributed by atoms with E-state index in [1.54, 1.807) is 24.3 Å². The topological polar surface area (TPSA) is 28.7 Å². The molecule has 24 heavy (non-hydrogen) atoms. The van der Waals surface area contributed by atoms with Crippen molar-refractivity contribution in [3.05, 3.63) is 72.5 Å². The van der Waals surface area contributed by atoms with Gasteiger partial charge in [-0.3, -0.25) is 0 Å². The lowest BCUT2D eigenvalue weighted by Gasteiger charge is -2.04. The molecular formula is C17H11Cl5N2. The van der Waals surface area contributed by atoms with Crippen molar-refractivity contribution in [1.82, 2.24) is 9.97 Å². The Kier molecular flexibility index (Phi) is 5.33. The lowest BCUT2D eigenvalue weighted by atomic mass is 10.1. The molecule has 0 fully saturated rings. The van der Waals surface area contributed by atoms with E-state index in [0.29, 0.717) is 31.5 Å². The van der Waals surface area contributed by atoms with E-state index in [0.717, 1.165) is 28.3 Å². The first-order chi connectivity index (χ1) is 11.3. The molecule has 1 N–H and O–H groups in total. The first-order valence-electron chi connectivity index (χ1n) is 6.99. The van der Waals surface area contributed by atoms with E-state index in [2.05, 4.69) is 9.97 Å². The summed E-state index contributed by atoms with van der Waals surface area (Å²) in [6, 6.07) is 8.90. The molecule has 0 saturated heterocycles. The second-order valence-corrected chi connectivity index (χ2v) is 7.36. The Morgan fingerprint density at radius 1 is 0.917 bits per heavy atom. The number of aromatic amines is 1. The minimum Gasteiger partial charge on any atom is -0.345 e. The van der Waals surface area contributed by atoms with Gasteiger partial charge in [-0.15, -0.1) is 0 Å². The van der Waals surface area contributed by atoms with E-state index in [1.807, 2.05) is 13.0 Å². The van der Waals surface area contributed by atoms with Crippen LogP contribution in [-0.4, -0.2) is 9.97 Å². The van der Waals surface area contributed by atoms with Crippen molar-refractivity contribution in [1.29, 1.82) is 0 Å². The number of H-pyrrole nitrogens is 1. The van der Waals surface area contributed by atoms with Gasteiger partial charge in [0.15, 0.2) is 0 Å². The summed E-state index contributed by atoms with van der Waals surface area (Å²) < 4.78 is 0. The van der Waals surface area contributed by atoms with Gasteiger partial charge in [-0.2, -0.15) is 0 Å². The van der Waals surface area contributed by atoms with E-state index >= 15 is 0 Å². The summed E-state index contributed by atoms with van der Waals surface area (Å²) in [5.41, 5.74) is 3.42. The van der Waals surface area contributed by atoms with Gasteiger partial charge in [0.1, 0.15) is 5.82 Å². The third kappa shape index (κ3) is 3.68. The van der Waals surface area contributed by atoms with Crippen LogP contribution in [0, 0.1) is 6.92 Å². The molecule has 0 aliphatic carbocycles. The number of hydrogen-bond donors (Lipinski definition) is 1. The van der Waals surface area contributed by atoms with Crippen molar-refractivity contribution in [2.45, 2.75) is 13.3 Å². The predicted octanol–water partition coefficient (Wildman–Crippen LogP) is 7.24. The fraction of sp³-hybridized carbons (Fsp3) is 0.118. The summed E-state index contributed by atoms with van der Waals surface area (Å²) in [4.78, 5) is 7.91. The predicted molar refractivity (Wildman–Crippen MR) is 103 cm³/mol. The maximum Gasteiger partial charge on any atom is 0.111 e. The SMILES string of the molecule is Cc1[nH]c(Cc2ccc(Cl)cc2Cl)nc1-c1cc(Cl)c(Cl)c(Cl)c1. The van der Waals surface area contributed by atoms with Crippen LogP contribution in [0.1, 0.15) is 17.1 Å². The quantitative estimate of drug-likeness (QED) is 0.444. The van der Waals surface area contributed by atoms with Crippen molar-refractivity contribution in [2.75, 3.05) is 0 Å². The van der Waals surface area contributed by atoms with Gasteiger partial charge < -0.3 is 4.98 Å². The van der Waals surface area contributed by atoms with Crippen LogP contribution in [0.25, 0.3) is 11.3 Å². The number of imidazole rings is 1. The highest BCUT2D eigenvalue weighted by atomic mass is 35.5. The molecule has 0 unspecified atom stereocenters. The van der Waals surface area contributed by atoms with Crippen molar-refractivity contribution < 1.29 is 0 Å². The molecule has 1 aromatic heterocycles. The molecule has 0 bridgehead atoms. The minimum absolute atomic E-state index is 0.337. The second-order valence-electron chi connectivity index (χ2n) is 5.32. The van der Waals surface area contributed by atoms with E-state index in [4.69, 9.17) is 58.0 Å². The van der Waals surface area contributed by atoms with Crippen LogP contribution in [0.5, 0.6) is 0 Å². The van der Waals surface area contributed by atoms with Gasteiger partial charge in [0.05, 0.1) is 20.8 Å². The van der Waals surface area contributed by atoms with Gasteiger partial charge in [0, 0.05) is 27.7 Å². The number of rotatable bonds is 3. The van der Waals surface area contributed by atoms with Crippen LogP contribution >= 0.6 is 58.0 Å². The number of nitrogens with zero attached hydrogens (tertiary/aromatic N) is 1. The highest BCUT2D eigenvalue weighted by molar-refractivity contribution is 6.48. The number of aromatic nitrogens is 2. The summed E-state index contributed by atoms with van der Waals surface area (Å²) in [7, 11) is 0. The number of halogens is 5. The highest BCUT2D eigenvalue weighted by Gasteiger charge is 2.14. The molecule has 0 spiro atoms. The standard InChI is InChI=1S/C17H11Cl5N2/c1-8-17(10-4-13(20)16(22)14(21)5-10)24-15(23-8)6-9-2-3-11(18)7-12(9)19/h2-5,7H,6H2,1H3,(H,23,24). The van der Waals surface area contributed by atoms with Crippen molar-refractivity contribution >= 4 is 58.0 Å². The van der Waals surface area contributed by atoms with Gasteiger partial charge in [-0.05, 0) is 36.8 Å². The normalized spacial score (nSPS) is 11.1. The van der Waals surface area contributed by atoms with Crippen molar-refractivity contribution in [2.24, 2.45) is 0 Å². The van der Waals surface area contributed by atoms with Gasteiger partial charge in [-0.25, -0.2) is 4.98 Å². The fourth-order valence-corrected chi connectivity index (χ4v) is 3.50.